The molecule has 1 fully saturated rings. The number of hydrogen-bond acceptors (Lipinski definition) is 5. The highest BCUT2D eigenvalue weighted by Crippen LogP contribution is 2.37. The number of sulfonamides is 1. The lowest BCUT2D eigenvalue weighted by molar-refractivity contribution is -0.149. The molecule has 2 heterocycles. The van der Waals surface area contributed by atoms with Gasteiger partial charge in [0.25, 0.3) is 10.0 Å². The Kier molecular flexibility index (Phi) is 5.67. The van der Waals surface area contributed by atoms with Crippen LogP contribution in [-0.2, 0) is 26.0 Å². The van der Waals surface area contributed by atoms with Gasteiger partial charge in [0.05, 0.1) is 13.1 Å². The lowest BCUT2D eigenvalue weighted by Gasteiger charge is -2.31. The number of amides is 2. The monoisotopic (exact) mass is 462 g/mol. The normalized spacial score (nSPS) is 15.9. The Balaban J connectivity index is 1.55. The fourth-order valence-corrected chi connectivity index (χ4v) is 6.90. The largest absolute Gasteiger partial charge is 0.280 e. The molecule has 9 heteroatoms. The zero-order valence-electron chi connectivity index (χ0n) is 16.2. The summed E-state index contributed by atoms with van der Waals surface area (Å²) in [5.74, 6) is -1.01. The number of hydrogen-bond donors (Lipinski definition) is 0. The maximum atomic E-state index is 13.2. The van der Waals surface area contributed by atoms with Crippen molar-refractivity contribution in [1.29, 1.82) is 0 Å². The number of imide groups is 1. The van der Waals surface area contributed by atoms with Crippen molar-refractivity contribution in [3.8, 4) is 0 Å². The van der Waals surface area contributed by atoms with E-state index >= 15 is 0 Å². The fourth-order valence-electron chi connectivity index (χ4n) is 3.51. The highest BCUT2D eigenvalue weighted by atomic mass is 35.5. The molecular weight excluding hydrogens is 444 g/mol. The highest BCUT2D eigenvalue weighted by Gasteiger charge is 2.39. The van der Waals surface area contributed by atoms with E-state index in [1.807, 2.05) is 30.3 Å². The highest BCUT2D eigenvalue weighted by molar-refractivity contribution is 7.91. The summed E-state index contributed by atoms with van der Waals surface area (Å²) in [5.41, 5.74) is 1.58. The van der Waals surface area contributed by atoms with Crippen molar-refractivity contribution in [2.45, 2.75) is 17.6 Å². The van der Waals surface area contributed by atoms with Gasteiger partial charge in [0.1, 0.15) is 4.21 Å². The van der Waals surface area contributed by atoms with E-state index in [0.29, 0.717) is 17.0 Å². The second kappa shape index (κ2) is 8.11. The number of piperazine rings is 1. The van der Waals surface area contributed by atoms with Gasteiger partial charge in [-0.1, -0.05) is 41.9 Å². The van der Waals surface area contributed by atoms with E-state index in [2.05, 4.69) is 0 Å². The zero-order chi connectivity index (χ0) is 21.5. The van der Waals surface area contributed by atoms with Gasteiger partial charge >= 0.3 is 0 Å². The molecule has 156 valence electrons. The summed E-state index contributed by atoms with van der Waals surface area (Å²) >= 11 is 7.16. The van der Waals surface area contributed by atoms with E-state index in [9.17, 15) is 18.0 Å². The Morgan fingerprint density at radius 3 is 2.37 bits per heavy atom. The zero-order valence-corrected chi connectivity index (χ0v) is 18.6. The average molecular weight is 463 g/mol. The Hall–Kier alpha value is -2.26. The molecule has 2 amide bonds. The topological polar surface area (TPSA) is 74.8 Å². The molecule has 4 rings (SSSR count). The molecule has 6 nitrogen and oxygen atoms in total. The number of halogens is 1. The summed E-state index contributed by atoms with van der Waals surface area (Å²) in [6.07, 6.45) is 0.529. The van der Waals surface area contributed by atoms with E-state index in [4.69, 9.17) is 11.6 Å². The number of fused-ring (bicyclic) bond motifs is 1. The molecule has 0 unspecified atom stereocenters. The van der Waals surface area contributed by atoms with Crippen molar-refractivity contribution < 1.29 is 18.0 Å². The molecule has 1 aliphatic rings. The molecule has 1 saturated heterocycles. The number of benzene rings is 2. The first-order valence-electron chi connectivity index (χ1n) is 9.33. The van der Waals surface area contributed by atoms with Gasteiger partial charge in [0.15, 0.2) is 0 Å². The molecule has 30 heavy (non-hydrogen) atoms. The predicted molar refractivity (Wildman–Crippen MR) is 117 cm³/mol. The first-order valence-corrected chi connectivity index (χ1v) is 12.0. The van der Waals surface area contributed by atoms with E-state index in [0.717, 1.165) is 36.2 Å². The van der Waals surface area contributed by atoms with E-state index < -0.39 is 21.8 Å². The van der Waals surface area contributed by atoms with Gasteiger partial charge in [-0.3, -0.25) is 14.5 Å². The van der Waals surface area contributed by atoms with Gasteiger partial charge < -0.3 is 0 Å². The van der Waals surface area contributed by atoms with Crippen LogP contribution in [0.5, 0.6) is 0 Å². The molecule has 0 bridgehead atoms. The Morgan fingerprint density at radius 2 is 1.70 bits per heavy atom. The maximum Gasteiger partial charge on any atom is 0.253 e. The molecule has 0 radical (unpaired) electrons. The lowest BCUT2D eigenvalue weighted by atomic mass is 10.1. The second-order valence-corrected chi connectivity index (χ2v) is 10.7. The molecule has 3 aromatic rings. The van der Waals surface area contributed by atoms with E-state index in [1.54, 1.807) is 25.1 Å². The van der Waals surface area contributed by atoms with Crippen LogP contribution in [-0.4, -0.2) is 49.1 Å². The molecule has 2 aromatic carbocycles. The minimum atomic E-state index is -3.98. The first-order chi connectivity index (χ1) is 14.3. The standard InChI is InChI=1S/C21H19ClN2O4S2/c1-14-17-11-16(22)7-8-18(17)29-21(14)30(27,28)23-12-19(25)24(20(26)13-23)10-9-15-5-3-2-4-6-15/h2-8,11H,9-10,12-13H2,1H3. The molecule has 0 N–H and O–H groups in total. The lowest BCUT2D eigenvalue weighted by Crippen LogP contribution is -2.55. The van der Waals surface area contributed by atoms with Crippen LogP contribution in [0.3, 0.4) is 0 Å². The predicted octanol–water partition coefficient (Wildman–Crippen LogP) is 3.47. The third-order valence-corrected chi connectivity index (χ3v) is 9.02. The third-order valence-electron chi connectivity index (χ3n) is 5.12. The Morgan fingerprint density at radius 1 is 1.03 bits per heavy atom. The van der Waals surface area contributed by atoms with E-state index in [-0.39, 0.29) is 23.8 Å². The molecule has 1 aromatic heterocycles. The van der Waals surface area contributed by atoms with Crippen molar-refractivity contribution in [2.24, 2.45) is 0 Å². The third kappa shape index (κ3) is 3.88. The van der Waals surface area contributed by atoms with Gasteiger partial charge in [-0.05, 0) is 48.1 Å². The first kappa shape index (κ1) is 21.0. The SMILES string of the molecule is Cc1c(S(=O)(=O)N2CC(=O)N(CCc3ccccc3)C(=O)C2)sc2ccc(Cl)cc12. The van der Waals surface area contributed by atoms with Crippen LogP contribution >= 0.6 is 22.9 Å². The number of carbonyl (C=O) groups excluding carboxylic acids is 2. The number of thiophene rings is 1. The summed E-state index contributed by atoms with van der Waals surface area (Å²) in [6, 6.07) is 14.7. The minimum Gasteiger partial charge on any atom is -0.280 e. The van der Waals surface area contributed by atoms with Crippen molar-refractivity contribution >= 4 is 54.9 Å². The summed E-state index contributed by atoms with van der Waals surface area (Å²) in [7, 11) is -3.98. The summed E-state index contributed by atoms with van der Waals surface area (Å²) in [5, 5.41) is 1.27. The summed E-state index contributed by atoms with van der Waals surface area (Å²) in [4.78, 5) is 26.4. The second-order valence-electron chi connectivity index (χ2n) is 7.10. The minimum absolute atomic E-state index is 0.137. The summed E-state index contributed by atoms with van der Waals surface area (Å²) in [6.45, 7) is 1.24. The number of nitrogens with zero attached hydrogens (tertiary/aromatic N) is 2. The van der Waals surface area contributed by atoms with Crippen molar-refractivity contribution in [3.63, 3.8) is 0 Å². The molecule has 0 saturated carbocycles. The number of carbonyl (C=O) groups is 2. The van der Waals surface area contributed by atoms with Crippen molar-refractivity contribution in [1.82, 2.24) is 9.21 Å². The number of rotatable bonds is 5. The van der Waals surface area contributed by atoms with Crippen LogP contribution in [0.25, 0.3) is 10.1 Å². The smallest absolute Gasteiger partial charge is 0.253 e. The van der Waals surface area contributed by atoms with Crippen LogP contribution in [0, 0.1) is 6.92 Å². The Labute approximate surface area is 183 Å². The quantitative estimate of drug-likeness (QED) is 0.544. The van der Waals surface area contributed by atoms with Gasteiger partial charge in [0, 0.05) is 16.3 Å². The molecule has 1 aliphatic heterocycles. The maximum absolute atomic E-state index is 13.2. The molecule has 0 atom stereocenters. The average Bonchev–Trinajstić information content (AvgIpc) is 3.05. The van der Waals surface area contributed by atoms with Crippen LogP contribution in [0.1, 0.15) is 11.1 Å². The van der Waals surface area contributed by atoms with Crippen molar-refractivity contribution in [3.05, 3.63) is 64.7 Å². The summed E-state index contributed by atoms with van der Waals surface area (Å²) < 4.78 is 28.3. The van der Waals surface area contributed by atoms with Gasteiger partial charge in [-0.25, -0.2) is 8.42 Å². The molecule has 0 aliphatic carbocycles. The van der Waals surface area contributed by atoms with Crippen LogP contribution < -0.4 is 0 Å². The fraction of sp³-hybridized carbons (Fsp3) is 0.238. The molecule has 0 spiro atoms. The Bertz CT molecular complexity index is 1220. The van der Waals surface area contributed by atoms with Gasteiger partial charge in [-0.2, -0.15) is 4.31 Å². The van der Waals surface area contributed by atoms with Gasteiger partial charge in [0.2, 0.25) is 11.8 Å². The van der Waals surface area contributed by atoms with Crippen molar-refractivity contribution in [2.75, 3.05) is 19.6 Å². The van der Waals surface area contributed by atoms with Crippen LogP contribution in [0.4, 0.5) is 0 Å². The van der Waals surface area contributed by atoms with Crippen LogP contribution in [0.15, 0.2) is 52.7 Å². The van der Waals surface area contributed by atoms with Crippen LogP contribution in [0.2, 0.25) is 5.02 Å². The number of aryl methyl sites for hydroxylation is 1. The van der Waals surface area contributed by atoms with Gasteiger partial charge in [-0.15, -0.1) is 11.3 Å². The molecular formula is C21H19ClN2O4S2. The van der Waals surface area contributed by atoms with E-state index in [1.165, 1.54) is 0 Å².